The predicted molar refractivity (Wildman–Crippen MR) is 75.1 cm³/mol. The molecule has 112 valence electrons. The molecule has 0 aliphatic rings. The van der Waals surface area contributed by atoms with E-state index in [0.29, 0.717) is 12.2 Å². The van der Waals surface area contributed by atoms with Gasteiger partial charge in [-0.15, -0.1) is 5.10 Å². The Kier molecular flexibility index (Phi) is 5.42. The number of amides is 1. The van der Waals surface area contributed by atoms with Crippen molar-refractivity contribution in [2.24, 2.45) is 0 Å². The first-order valence-corrected chi connectivity index (χ1v) is 6.56. The molecule has 2 rings (SSSR count). The van der Waals surface area contributed by atoms with Crippen molar-refractivity contribution in [3.05, 3.63) is 47.8 Å². The van der Waals surface area contributed by atoms with E-state index in [1.54, 1.807) is 0 Å². The van der Waals surface area contributed by atoms with Gasteiger partial charge in [-0.25, -0.2) is 4.68 Å². The van der Waals surface area contributed by atoms with Gasteiger partial charge in [-0.3, -0.25) is 4.79 Å². The Morgan fingerprint density at radius 1 is 1.43 bits per heavy atom. The maximum atomic E-state index is 11.9. The number of aliphatic hydroxyl groups is 1. The van der Waals surface area contributed by atoms with Gasteiger partial charge in [0.2, 0.25) is 5.91 Å². The zero-order valence-corrected chi connectivity index (χ0v) is 11.8. The average molecular weight is 290 g/mol. The number of aliphatic hydroxyl groups excluding tert-OH is 1. The van der Waals surface area contributed by atoms with Crippen molar-refractivity contribution < 1.29 is 14.6 Å². The standard InChI is InChI=1S/C14H18N4O3/c1-21-10-13(19)12-8-16-17-18(12)9-14(20)15-7-11-5-3-2-4-6-11/h2-6,8,13,19H,7,9-10H2,1H3,(H,15,20)/t13-/m1/s1. The van der Waals surface area contributed by atoms with Crippen LogP contribution in [0, 0.1) is 0 Å². The Morgan fingerprint density at radius 3 is 2.90 bits per heavy atom. The number of hydrogen-bond acceptors (Lipinski definition) is 5. The summed E-state index contributed by atoms with van der Waals surface area (Å²) < 4.78 is 6.24. The smallest absolute Gasteiger partial charge is 0.242 e. The maximum Gasteiger partial charge on any atom is 0.242 e. The number of hydrogen-bond donors (Lipinski definition) is 2. The third-order valence-corrected chi connectivity index (χ3v) is 2.94. The second-order valence-corrected chi connectivity index (χ2v) is 4.55. The van der Waals surface area contributed by atoms with Crippen molar-refractivity contribution in [3.63, 3.8) is 0 Å². The summed E-state index contributed by atoms with van der Waals surface area (Å²) in [6, 6.07) is 9.62. The predicted octanol–water partition coefficient (Wildman–Crippen LogP) is 0.274. The zero-order valence-electron chi connectivity index (χ0n) is 11.8. The molecule has 1 amide bonds. The van der Waals surface area contributed by atoms with Crippen LogP contribution in [0.3, 0.4) is 0 Å². The third-order valence-electron chi connectivity index (χ3n) is 2.94. The van der Waals surface area contributed by atoms with Crippen molar-refractivity contribution in [3.8, 4) is 0 Å². The van der Waals surface area contributed by atoms with Gasteiger partial charge in [0, 0.05) is 13.7 Å². The van der Waals surface area contributed by atoms with Gasteiger partial charge >= 0.3 is 0 Å². The van der Waals surface area contributed by atoms with Gasteiger partial charge in [-0.05, 0) is 5.56 Å². The highest BCUT2D eigenvalue weighted by Crippen LogP contribution is 2.10. The second-order valence-electron chi connectivity index (χ2n) is 4.55. The molecule has 1 atom stereocenters. The minimum Gasteiger partial charge on any atom is -0.384 e. The van der Waals surface area contributed by atoms with Crippen LogP contribution in [0.15, 0.2) is 36.5 Å². The van der Waals surface area contributed by atoms with E-state index in [1.807, 2.05) is 30.3 Å². The molecule has 0 aliphatic carbocycles. The molecule has 0 fully saturated rings. The monoisotopic (exact) mass is 290 g/mol. The Bertz CT molecular complexity index is 571. The summed E-state index contributed by atoms with van der Waals surface area (Å²) in [6.45, 7) is 0.576. The van der Waals surface area contributed by atoms with Gasteiger partial charge in [-0.2, -0.15) is 0 Å². The van der Waals surface area contributed by atoms with Crippen LogP contribution >= 0.6 is 0 Å². The number of carbonyl (C=O) groups excluding carboxylic acids is 1. The zero-order chi connectivity index (χ0) is 15.1. The van der Waals surface area contributed by atoms with Crippen molar-refractivity contribution in [2.45, 2.75) is 19.2 Å². The summed E-state index contributed by atoms with van der Waals surface area (Å²) in [5, 5.41) is 20.2. The highest BCUT2D eigenvalue weighted by Gasteiger charge is 2.15. The first-order valence-electron chi connectivity index (χ1n) is 6.56. The van der Waals surface area contributed by atoms with Crippen molar-refractivity contribution in [1.29, 1.82) is 0 Å². The molecule has 1 aromatic carbocycles. The molecule has 1 aromatic heterocycles. The summed E-state index contributed by atoms with van der Waals surface area (Å²) in [5.74, 6) is -0.199. The molecular formula is C14H18N4O3. The summed E-state index contributed by atoms with van der Waals surface area (Å²) in [4.78, 5) is 11.9. The quantitative estimate of drug-likeness (QED) is 0.764. The number of benzene rings is 1. The average Bonchev–Trinajstić information content (AvgIpc) is 2.95. The van der Waals surface area contributed by atoms with Crippen molar-refractivity contribution >= 4 is 5.91 Å². The molecule has 0 aliphatic heterocycles. The minimum absolute atomic E-state index is 0.00292. The fourth-order valence-corrected chi connectivity index (χ4v) is 1.88. The molecule has 21 heavy (non-hydrogen) atoms. The van der Waals surface area contributed by atoms with Crippen molar-refractivity contribution in [2.75, 3.05) is 13.7 Å². The van der Waals surface area contributed by atoms with Crippen LogP contribution in [0.5, 0.6) is 0 Å². The third kappa shape index (κ3) is 4.37. The number of aromatic nitrogens is 3. The number of methoxy groups -OCH3 is 1. The van der Waals surface area contributed by atoms with Crippen LogP contribution in [-0.4, -0.2) is 39.7 Å². The molecule has 0 saturated carbocycles. The lowest BCUT2D eigenvalue weighted by Crippen LogP contribution is -2.29. The lowest BCUT2D eigenvalue weighted by molar-refractivity contribution is -0.122. The van der Waals surface area contributed by atoms with Gasteiger partial charge in [-0.1, -0.05) is 35.5 Å². The summed E-state index contributed by atoms with van der Waals surface area (Å²) in [5.41, 5.74) is 1.47. The fourth-order valence-electron chi connectivity index (χ4n) is 1.88. The van der Waals surface area contributed by atoms with E-state index < -0.39 is 6.10 Å². The van der Waals surface area contributed by atoms with E-state index >= 15 is 0 Å². The highest BCUT2D eigenvalue weighted by atomic mass is 16.5. The number of nitrogens with one attached hydrogen (secondary N) is 1. The van der Waals surface area contributed by atoms with Crippen LogP contribution in [0.1, 0.15) is 17.4 Å². The molecule has 0 bridgehead atoms. The summed E-state index contributed by atoms with van der Waals surface area (Å²) >= 11 is 0. The van der Waals surface area contributed by atoms with E-state index in [-0.39, 0.29) is 19.1 Å². The molecule has 7 heteroatoms. The van der Waals surface area contributed by atoms with Crippen LogP contribution in [0.2, 0.25) is 0 Å². The first-order chi connectivity index (χ1) is 10.2. The molecule has 1 heterocycles. The van der Waals surface area contributed by atoms with E-state index in [4.69, 9.17) is 4.74 Å². The van der Waals surface area contributed by atoms with Gasteiger partial charge in [0.15, 0.2) is 0 Å². The fraction of sp³-hybridized carbons (Fsp3) is 0.357. The van der Waals surface area contributed by atoms with Gasteiger partial charge in [0.05, 0.1) is 18.5 Å². The topological polar surface area (TPSA) is 89.3 Å². The maximum absolute atomic E-state index is 11.9. The lowest BCUT2D eigenvalue weighted by Gasteiger charge is -2.11. The largest absolute Gasteiger partial charge is 0.384 e. The Hall–Kier alpha value is -2.25. The molecule has 2 N–H and O–H groups in total. The highest BCUT2D eigenvalue weighted by molar-refractivity contribution is 5.75. The number of nitrogens with zero attached hydrogens (tertiary/aromatic N) is 3. The minimum atomic E-state index is -0.855. The van der Waals surface area contributed by atoms with Gasteiger partial charge in [0.1, 0.15) is 12.6 Å². The van der Waals surface area contributed by atoms with Crippen LogP contribution in [-0.2, 0) is 22.6 Å². The molecule has 0 spiro atoms. The molecule has 2 aromatic rings. The van der Waals surface area contributed by atoms with Gasteiger partial charge < -0.3 is 15.2 Å². The number of rotatable bonds is 7. The molecule has 0 unspecified atom stereocenters. The Balaban J connectivity index is 1.90. The first kappa shape index (κ1) is 15.1. The SMILES string of the molecule is COC[C@@H](O)c1cnnn1CC(=O)NCc1ccccc1. The molecular weight excluding hydrogens is 272 g/mol. The Labute approximate surface area is 122 Å². The van der Waals surface area contributed by atoms with Gasteiger partial charge in [0.25, 0.3) is 0 Å². The van der Waals surface area contributed by atoms with E-state index in [9.17, 15) is 9.90 Å². The summed E-state index contributed by atoms with van der Waals surface area (Å²) in [6.07, 6.45) is 0.570. The van der Waals surface area contributed by atoms with Crippen LogP contribution in [0.25, 0.3) is 0 Å². The van der Waals surface area contributed by atoms with Crippen molar-refractivity contribution in [1.82, 2.24) is 20.3 Å². The lowest BCUT2D eigenvalue weighted by atomic mass is 10.2. The Morgan fingerprint density at radius 2 is 2.19 bits per heavy atom. The van der Waals surface area contributed by atoms with E-state index in [0.717, 1.165) is 5.56 Å². The number of carbonyl (C=O) groups is 1. The summed E-state index contributed by atoms with van der Waals surface area (Å²) in [7, 11) is 1.49. The molecule has 0 radical (unpaired) electrons. The van der Waals surface area contributed by atoms with Crippen LogP contribution < -0.4 is 5.32 Å². The number of ether oxygens (including phenoxy) is 1. The van der Waals surface area contributed by atoms with E-state index in [2.05, 4.69) is 15.6 Å². The normalized spacial score (nSPS) is 12.1. The molecule has 0 saturated heterocycles. The van der Waals surface area contributed by atoms with E-state index in [1.165, 1.54) is 18.0 Å². The van der Waals surface area contributed by atoms with Crippen LogP contribution in [0.4, 0.5) is 0 Å². The second kappa shape index (κ2) is 7.51. The molecule has 7 nitrogen and oxygen atoms in total.